The van der Waals surface area contributed by atoms with Crippen LogP contribution in [0.5, 0.6) is 0 Å². The first-order valence-corrected chi connectivity index (χ1v) is 5.34. The van der Waals surface area contributed by atoms with E-state index < -0.39 is 5.97 Å². The molecule has 0 aliphatic rings. The van der Waals surface area contributed by atoms with Gasteiger partial charge in [-0.2, -0.15) is 0 Å². The molecule has 0 saturated heterocycles. The fourth-order valence-electron chi connectivity index (χ4n) is 1.25. The predicted octanol–water partition coefficient (Wildman–Crippen LogP) is 3.10. The zero-order valence-electron chi connectivity index (χ0n) is 7.83. The zero-order valence-corrected chi connectivity index (χ0v) is 9.41. The smallest absolute Gasteiger partial charge is 0.336 e. The summed E-state index contributed by atoms with van der Waals surface area (Å²) in [5.41, 5.74) is 2.10. The van der Waals surface area contributed by atoms with Crippen LogP contribution in [0.2, 0.25) is 0 Å². The van der Waals surface area contributed by atoms with Gasteiger partial charge in [-0.3, -0.25) is 0 Å². The van der Waals surface area contributed by atoms with E-state index in [-0.39, 0.29) is 0 Å². The third-order valence-electron chi connectivity index (χ3n) is 1.93. The Bertz CT molecular complexity index is 370. The fourth-order valence-corrected chi connectivity index (χ4v) is 1.44. The van der Waals surface area contributed by atoms with Crippen molar-refractivity contribution in [2.45, 2.75) is 6.92 Å². The summed E-state index contributed by atoms with van der Waals surface area (Å²) in [4.78, 5) is 10.9. The second kappa shape index (κ2) is 4.96. The number of hydrogen-bond donors (Lipinski definition) is 1. The summed E-state index contributed by atoms with van der Waals surface area (Å²) in [6, 6.07) is 5.27. The van der Waals surface area contributed by atoms with Gasteiger partial charge >= 0.3 is 5.97 Å². The van der Waals surface area contributed by atoms with E-state index in [1.165, 1.54) is 0 Å². The molecule has 1 aromatic rings. The lowest BCUT2D eigenvalue weighted by Gasteiger charge is -2.04. The Hall–Kier alpha value is -1.09. The first-order chi connectivity index (χ1) is 6.66. The van der Waals surface area contributed by atoms with Crippen molar-refractivity contribution in [2.75, 3.05) is 5.33 Å². The van der Waals surface area contributed by atoms with Crippen LogP contribution in [-0.4, -0.2) is 16.4 Å². The zero-order chi connectivity index (χ0) is 10.6. The molecule has 2 nitrogen and oxygen atoms in total. The average Bonchev–Trinajstić information content (AvgIpc) is 2.15. The van der Waals surface area contributed by atoms with Crippen molar-refractivity contribution in [1.29, 1.82) is 0 Å². The maximum atomic E-state index is 10.9. The van der Waals surface area contributed by atoms with Crippen molar-refractivity contribution in [3.63, 3.8) is 0 Å². The maximum Gasteiger partial charge on any atom is 0.336 e. The van der Waals surface area contributed by atoms with Crippen LogP contribution in [0.4, 0.5) is 0 Å². The number of carboxylic acids is 1. The first kappa shape index (κ1) is 11.0. The number of carbonyl (C=O) groups is 1. The number of allylic oxidation sites excluding steroid dienone is 1. The summed E-state index contributed by atoms with van der Waals surface area (Å²) in [6.07, 6.45) is 3.71. The van der Waals surface area contributed by atoms with Gasteiger partial charge in [0.15, 0.2) is 0 Å². The van der Waals surface area contributed by atoms with E-state index in [0.717, 1.165) is 16.5 Å². The molecule has 0 spiro atoms. The number of hydrogen-bond acceptors (Lipinski definition) is 1. The first-order valence-electron chi connectivity index (χ1n) is 4.22. The van der Waals surface area contributed by atoms with Crippen molar-refractivity contribution in [3.05, 3.63) is 41.0 Å². The van der Waals surface area contributed by atoms with Gasteiger partial charge in [-0.1, -0.05) is 40.2 Å². The van der Waals surface area contributed by atoms with E-state index in [0.29, 0.717) is 5.56 Å². The average molecular weight is 255 g/mol. The number of aromatic carboxylic acids is 1. The monoisotopic (exact) mass is 254 g/mol. The molecule has 1 rings (SSSR count). The number of carboxylic acid groups (broad SMARTS) is 1. The summed E-state index contributed by atoms with van der Waals surface area (Å²) < 4.78 is 0. The van der Waals surface area contributed by atoms with Crippen molar-refractivity contribution in [3.8, 4) is 0 Å². The van der Waals surface area contributed by atoms with Gasteiger partial charge in [-0.15, -0.1) is 0 Å². The lowest BCUT2D eigenvalue weighted by atomic mass is 10.0. The second-order valence-electron chi connectivity index (χ2n) is 2.90. The molecule has 1 aromatic carbocycles. The molecule has 3 heteroatoms. The van der Waals surface area contributed by atoms with Gasteiger partial charge in [0.1, 0.15) is 0 Å². The predicted molar refractivity (Wildman–Crippen MR) is 61.0 cm³/mol. The highest BCUT2D eigenvalue weighted by atomic mass is 79.9. The third-order valence-corrected chi connectivity index (χ3v) is 2.30. The molecular weight excluding hydrogens is 244 g/mol. The molecule has 0 aliphatic carbocycles. The molecule has 0 radical (unpaired) electrons. The van der Waals surface area contributed by atoms with Gasteiger partial charge in [0, 0.05) is 5.33 Å². The standard InChI is InChI=1S/C11H11BrO2/c1-8-4-2-5-10(11(13)14)9(8)6-3-7-12/h2-6H,7H2,1H3,(H,13,14). The highest BCUT2D eigenvalue weighted by Gasteiger charge is 2.08. The normalized spacial score (nSPS) is 10.7. The molecule has 0 aromatic heterocycles. The maximum absolute atomic E-state index is 10.9. The highest BCUT2D eigenvalue weighted by Crippen LogP contribution is 2.16. The van der Waals surface area contributed by atoms with Crippen molar-refractivity contribution in [1.82, 2.24) is 0 Å². The lowest BCUT2D eigenvalue weighted by Crippen LogP contribution is -2.00. The number of rotatable bonds is 3. The summed E-state index contributed by atoms with van der Waals surface area (Å²) >= 11 is 3.26. The Morgan fingerprint density at radius 3 is 2.86 bits per heavy atom. The van der Waals surface area contributed by atoms with E-state index in [1.807, 2.05) is 25.1 Å². The van der Waals surface area contributed by atoms with Gasteiger partial charge in [0.25, 0.3) is 0 Å². The Kier molecular flexibility index (Phi) is 3.89. The SMILES string of the molecule is Cc1cccc(C(=O)O)c1C=CCBr. The van der Waals surface area contributed by atoms with Crippen LogP contribution in [-0.2, 0) is 0 Å². The van der Waals surface area contributed by atoms with Crippen LogP contribution in [0.1, 0.15) is 21.5 Å². The Labute approximate surface area is 91.4 Å². The van der Waals surface area contributed by atoms with E-state index in [9.17, 15) is 4.79 Å². The van der Waals surface area contributed by atoms with Gasteiger partial charge in [-0.05, 0) is 24.1 Å². The van der Waals surface area contributed by atoms with Gasteiger partial charge in [0.2, 0.25) is 0 Å². The molecule has 1 N–H and O–H groups in total. The number of aryl methyl sites for hydroxylation is 1. The minimum absolute atomic E-state index is 0.349. The topological polar surface area (TPSA) is 37.3 Å². The van der Waals surface area contributed by atoms with Gasteiger partial charge < -0.3 is 5.11 Å². The van der Waals surface area contributed by atoms with Crippen LogP contribution in [0, 0.1) is 6.92 Å². The molecule has 0 aliphatic heterocycles. The number of alkyl halides is 1. The molecule has 74 valence electrons. The third kappa shape index (κ3) is 2.45. The minimum Gasteiger partial charge on any atom is -0.478 e. The van der Waals surface area contributed by atoms with Crippen LogP contribution < -0.4 is 0 Å². The molecule has 0 bridgehead atoms. The summed E-state index contributed by atoms with van der Waals surface area (Å²) in [5, 5.41) is 9.67. The van der Waals surface area contributed by atoms with E-state index in [2.05, 4.69) is 15.9 Å². The van der Waals surface area contributed by atoms with Crippen molar-refractivity contribution >= 4 is 28.0 Å². The second-order valence-corrected chi connectivity index (χ2v) is 3.55. The van der Waals surface area contributed by atoms with Crippen LogP contribution in [0.25, 0.3) is 6.08 Å². The molecule has 14 heavy (non-hydrogen) atoms. The highest BCUT2D eigenvalue weighted by molar-refractivity contribution is 9.09. The minimum atomic E-state index is -0.886. The quantitative estimate of drug-likeness (QED) is 0.842. The van der Waals surface area contributed by atoms with Gasteiger partial charge in [-0.25, -0.2) is 4.79 Å². The molecule has 0 fully saturated rings. The van der Waals surface area contributed by atoms with E-state index in [4.69, 9.17) is 5.11 Å². The molecule has 0 saturated carbocycles. The molecule has 0 amide bonds. The van der Waals surface area contributed by atoms with Crippen LogP contribution >= 0.6 is 15.9 Å². The summed E-state index contributed by atoms with van der Waals surface area (Å²) in [5.74, 6) is -0.886. The molecular formula is C11H11BrO2. The van der Waals surface area contributed by atoms with Crippen molar-refractivity contribution in [2.24, 2.45) is 0 Å². The van der Waals surface area contributed by atoms with Crippen LogP contribution in [0.15, 0.2) is 24.3 Å². The molecule has 0 unspecified atom stereocenters. The number of benzene rings is 1. The molecule has 0 atom stereocenters. The Morgan fingerprint density at radius 1 is 1.57 bits per heavy atom. The van der Waals surface area contributed by atoms with Gasteiger partial charge in [0.05, 0.1) is 5.56 Å². The lowest BCUT2D eigenvalue weighted by molar-refractivity contribution is 0.0696. The number of halogens is 1. The fraction of sp³-hybridized carbons (Fsp3) is 0.182. The van der Waals surface area contributed by atoms with E-state index >= 15 is 0 Å². The molecule has 0 heterocycles. The van der Waals surface area contributed by atoms with E-state index in [1.54, 1.807) is 12.1 Å². The Balaban J connectivity index is 3.22. The Morgan fingerprint density at radius 2 is 2.29 bits per heavy atom. The summed E-state index contributed by atoms with van der Waals surface area (Å²) in [6.45, 7) is 1.90. The summed E-state index contributed by atoms with van der Waals surface area (Å²) in [7, 11) is 0. The van der Waals surface area contributed by atoms with Crippen molar-refractivity contribution < 1.29 is 9.90 Å². The van der Waals surface area contributed by atoms with Crippen LogP contribution in [0.3, 0.4) is 0 Å². The largest absolute Gasteiger partial charge is 0.478 e.